The lowest BCUT2D eigenvalue weighted by atomic mass is 10.1. The first-order chi connectivity index (χ1) is 10.6. The summed E-state index contributed by atoms with van der Waals surface area (Å²) < 4.78 is 21.2. The lowest BCUT2D eigenvalue weighted by molar-refractivity contribution is -0.201. The molecule has 0 aromatic heterocycles. The molecule has 1 aliphatic rings. The fourth-order valence-corrected chi connectivity index (χ4v) is 2.15. The van der Waals surface area contributed by atoms with Crippen LogP contribution >= 0.6 is 0 Å². The molecular formula is C16H26O6. The summed E-state index contributed by atoms with van der Waals surface area (Å²) in [5.74, 6) is -0.498. The molecule has 3 unspecified atom stereocenters. The van der Waals surface area contributed by atoms with Gasteiger partial charge in [0.1, 0.15) is 12.2 Å². The first-order valence-electron chi connectivity index (χ1n) is 7.41. The van der Waals surface area contributed by atoms with Crippen molar-refractivity contribution < 1.29 is 28.8 Å². The maximum absolute atomic E-state index is 12.0. The fraction of sp³-hybridized carbons (Fsp3) is 0.688. The predicted octanol–water partition coefficient (Wildman–Crippen LogP) is 1.44. The van der Waals surface area contributed by atoms with E-state index in [-0.39, 0.29) is 37.6 Å². The van der Waals surface area contributed by atoms with Crippen molar-refractivity contribution in [1.82, 2.24) is 0 Å². The highest BCUT2D eigenvalue weighted by atomic mass is 16.7. The molecule has 22 heavy (non-hydrogen) atoms. The molecule has 0 amide bonds. The quantitative estimate of drug-likeness (QED) is 0.486. The summed E-state index contributed by atoms with van der Waals surface area (Å²) in [6.07, 6.45) is 7.17. The summed E-state index contributed by atoms with van der Waals surface area (Å²) >= 11 is 0. The van der Waals surface area contributed by atoms with E-state index >= 15 is 0 Å². The van der Waals surface area contributed by atoms with Crippen LogP contribution in [0.3, 0.4) is 0 Å². The first-order valence-corrected chi connectivity index (χ1v) is 7.41. The van der Waals surface area contributed by atoms with Gasteiger partial charge < -0.3 is 24.1 Å². The molecular weight excluding hydrogens is 288 g/mol. The van der Waals surface area contributed by atoms with Crippen LogP contribution in [0.4, 0.5) is 0 Å². The molecule has 126 valence electrons. The normalized spacial score (nSPS) is 21.4. The van der Waals surface area contributed by atoms with Gasteiger partial charge in [0.15, 0.2) is 6.29 Å². The summed E-state index contributed by atoms with van der Waals surface area (Å²) in [6.45, 7) is 1.92. The van der Waals surface area contributed by atoms with E-state index in [0.717, 1.165) is 0 Å². The van der Waals surface area contributed by atoms with Crippen LogP contribution in [0, 0.1) is 5.92 Å². The number of carbonyl (C=O) groups excluding carboxylic acids is 1. The Morgan fingerprint density at radius 1 is 1.36 bits per heavy atom. The molecule has 0 saturated heterocycles. The second-order valence-corrected chi connectivity index (χ2v) is 5.26. The van der Waals surface area contributed by atoms with E-state index in [2.05, 4.69) is 0 Å². The summed E-state index contributed by atoms with van der Waals surface area (Å²) in [5.41, 5.74) is 0. The third kappa shape index (κ3) is 6.70. The average molecular weight is 314 g/mol. The Bertz CT molecular complexity index is 379. The molecule has 0 aromatic carbocycles. The van der Waals surface area contributed by atoms with Gasteiger partial charge >= 0.3 is 5.97 Å². The molecule has 6 nitrogen and oxygen atoms in total. The molecule has 6 heteroatoms. The minimum atomic E-state index is -0.610. The predicted molar refractivity (Wildman–Crippen MR) is 81.2 cm³/mol. The van der Waals surface area contributed by atoms with Crippen molar-refractivity contribution in [3.63, 3.8) is 0 Å². The zero-order valence-corrected chi connectivity index (χ0v) is 13.4. The molecule has 0 aliphatic heterocycles. The number of esters is 1. The molecule has 1 rings (SSSR count). The Morgan fingerprint density at radius 3 is 2.68 bits per heavy atom. The number of allylic oxidation sites excluding steroid dienone is 2. The summed E-state index contributed by atoms with van der Waals surface area (Å²) in [7, 11) is 3.03. The molecule has 0 saturated carbocycles. The van der Waals surface area contributed by atoms with Crippen molar-refractivity contribution in [3.8, 4) is 0 Å². The number of ether oxygens (including phenoxy) is 4. The van der Waals surface area contributed by atoms with Crippen LogP contribution in [0.5, 0.6) is 0 Å². The minimum absolute atomic E-state index is 0.177. The molecule has 0 fully saturated rings. The Labute approximate surface area is 131 Å². The molecule has 4 atom stereocenters. The molecule has 0 spiro atoms. The Morgan fingerprint density at radius 2 is 2.14 bits per heavy atom. The lowest BCUT2D eigenvalue weighted by Gasteiger charge is -2.26. The minimum Gasteiger partial charge on any atom is -0.458 e. The van der Waals surface area contributed by atoms with E-state index in [1.807, 2.05) is 31.2 Å². The van der Waals surface area contributed by atoms with Gasteiger partial charge in [0.2, 0.25) is 0 Å². The van der Waals surface area contributed by atoms with Gasteiger partial charge in [-0.2, -0.15) is 0 Å². The maximum Gasteiger partial charge on any atom is 0.306 e. The molecule has 0 bridgehead atoms. The van der Waals surface area contributed by atoms with E-state index in [1.165, 1.54) is 14.2 Å². The smallest absolute Gasteiger partial charge is 0.306 e. The summed E-state index contributed by atoms with van der Waals surface area (Å²) in [5, 5.41) is 9.22. The van der Waals surface area contributed by atoms with Crippen molar-refractivity contribution in [3.05, 3.63) is 24.3 Å². The van der Waals surface area contributed by atoms with Gasteiger partial charge in [0.05, 0.1) is 19.6 Å². The van der Waals surface area contributed by atoms with E-state index in [9.17, 15) is 9.90 Å². The Balaban J connectivity index is 2.42. The number of aliphatic hydroxyl groups is 1. The van der Waals surface area contributed by atoms with Crippen LogP contribution < -0.4 is 0 Å². The van der Waals surface area contributed by atoms with Crippen LogP contribution in [0.2, 0.25) is 0 Å². The Hall–Kier alpha value is -1.21. The van der Waals surface area contributed by atoms with E-state index in [1.54, 1.807) is 0 Å². The van der Waals surface area contributed by atoms with Crippen LogP contribution in [0.15, 0.2) is 24.3 Å². The maximum atomic E-state index is 12.0. The number of carbonyl (C=O) groups is 1. The molecule has 0 aromatic rings. The fourth-order valence-electron chi connectivity index (χ4n) is 2.15. The molecule has 0 radical (unpaired) electrons. The standard InChI is InChI=1S/C16H26O6/c1-12(16(20-3)22-14(10-17)11-19-2)9-15(18)21-13-7-5-4-6-8-13/h4-7,12-14,16-17H,8-11H2,1-3H3/t12?,13?,14-,16?/m0/s1. The second-order valence-electron chi connectivity index (χ2n) is 5.26. The SMILES string of the molecule is COC[C@H](CO)OC(OC)C(C)CC(=O)OC1C=CC=CC1. The van der Waals surface area contributed by atoms with E-state index in [0.29, 0.717) is 6.42 Å². The van der Waals surface area contributed by atoms with Crippen LogP contribution in [0.1, 0.15) is 19.8 Å². The van der Waals surface area contributed by atoms with Crippen molar-refractivity contribution in [2.24, 2.45) is 5.92 Å². The van der Waals surface area contributed by atoms with Crippen LogP contribution in [0.25, 0.3) is 0 Å². The van der Waals surface area contributed by atoms with E-state index < -0.39 is 12.4 Å². The molecule has 0 heterocycles. The summed E-state index contributed by atoms with van der Waals surface area (Å²) in [4.78, 5) is 12.0. The van der Waals surface area contributed by atoms with E-state index in [4.69, 9.17) is 18.9 Å². The highest BCUT2D eigenvalue weighted by Crippen LogP contribution is 2.17. The summed E-state index contributed by atoms with van der Waals surface area (Å²) in [6, 6.07) is 0. The largest absolute Gasteiger partial charge is 0.458 e. The van der Waals surface area contributed by atoms with Gasteiger partial charge in [-0.15, -0.1) is 0 Å². The van der Waals surface area contributed by atoms with Gasteiger partial charge in [-0.05, 0) is 6.08 Å². The molecule has 1 N–H and O–H groups in total. The number of hydrogen-bond acceptors (Lipinski definition) is 6. The number of methoxy groups -OCH3 is 2. The van der Waals surface area contributed by atoms with Gasteiger partial charge in [-0.3, -0.25) is 4.79 Å². The number of aliphatic hydroxyl groups excluding tert-OH is 1. The third-order valence-corrected chi connectivity index (χ3v) is 3.29. The number of hydrogen-bond donors (Lipinski definition) is 1. The van der Waals surface area contributed by atoms with Gasteiger partial charge in [-0.1, -0.05) is 25.2 Å². The van der Waals surface area contributed by atoms with Crippen molar-refractivity contribution in [1.29, 1.82) is 0 Å². The van der Waals surface area contributed by atoms with Crippen molar-refractivity contribution in [2.75, 3.05) is 27.4 Å². The zero-order valence-electron chi connectivity index (χ0n) is 13.4. The van der Waals surface area contributed by atoms with Gasteiger partial charge in [-0.25, -0.2) is 0 Å². The zero-order chi connectivity index (χ0) is 16.4. The monoisotopic (exact) mass is 314 g/mol. The highest BCUT2D eigenvalue weighted by molar-refractivity contribution is 5.70. The highest BCUT2D eigenvalue weighted by Gasteiger charge is 2.25. The second kappa shape index (κ2) is 10.5. The van der Waals surface area contributed by atoms with Gasteiger partial charge in [0, 0.05) is 26.6 Å². The number of rotatable bonds is 10. The van der Waals surface area contributed by atoms with Crippen molar-refractivity contribution >= 4 is 5.97 Å². The van der Waals surface area contributed by atoms with Gasteiger partial charge in [0.25, 0.3) is 0 Å². The topological polar surface area (TPSA) is 74.2 Å². The lowest BCUT2D eigenvalue weighted by Crippen LogP contribution is -2.35. The van der Waals surface area contributed by atoms with Crippen molar-refractivity contribution in [2.45, 2.75) is 38.3 Å². The van der Waals surface area contributed by atoms with Crippen LogP contribution in [-0.4, -0.2) is 57.0 Å². The Kier molecular flexibility index (Phi) is 9.00. The van der Waals surface area contributed by atoms with Crippen LogP contribution in [-0.2, 0) is 23.7 Å². The first kappa shape index (κ1) is 18.8. The average Bonchev–Trinajstić information content (AvgIpc) is 2.52. The third-order valence-electron chi connectivity index (χ3n) is 3.29. The molecule has 1 aliphatic carbocycles.